The second-order valence-corrected chi connectivity index (χ2v) is 3.73. The number of aromatic nitrogens is 1. The third kappa shape index (κ3) is 1.46. The van der Waals surface area contributed by atoms with Crippen LogP contribution in [-0.4, -0.2) is 9.91 Å². The van der Waals surface area contributed by atoms with Gasteiger partial charge in [-0.1, -0.05) is 6.07 Å². The smallest absolute Gasteiger partial charge is 0.335 e. The molecule has 5 heteroatoms. The van der Waals surface area contributed by atoms with Gasteiger partial charge in [-0.2, -0.15) is 0 Å². The fourth-order valence-electron chi connectivity index (χ4n) is 1.74. The summed E-state index contributed by atoms with van der Waals surface area (Å²) in [4.78, 5) is 24.8. The molecular formula is C11H10N2O3. The second kappa shape index (κ2) is 3.44. The number of aryl methyl sites for hydroxylation is 2. The Morgan fingerprint density at radius 3 is 2.62 bits per heavy atom. The van der Waals surface area contributed by atoms with Gasteiger partial charge in [0.25, 0.3) is 5.43 Å². The molecule has 1 heterocycles. The highest BCUT2D eigenvalue weighted by Crippen LogP contribution is 2.17. The summed E-state index contributed by atoms with van der Waals surface area (Å²) in [6.07, 6.45) is 0. The number of rotatable bonds is 1. The first-order chi connectivity index (χ1) is 7.50. The molecule has 1 aromatic heterocycles. The van der Waals surface area contributed by atoms with Gasteiger partial charge in [0.1, 0.15) is 0 Å². The van der Waals surface area contributed by atoms with Crippen molar-refractivity contribution in [2.45, 2.75) is 13.8 Å². The van der Waals surface area contributed by atoms with Crippen molar-refractivity contribution >= 4 is 16.6 Å². The predicted octanol–water partition coefficient (Wildman–Crippen LogP) is 2.05. The lowest BCUT2D eigenvalue weighted by atomic mass is 10.1. The van der Waals surface area contributed by atoms with E-state index in [2.05, 4.69) is 4.98 Å². The lowest BCUT2D eigenvalue weighted by molar-refractivity contribution is -0.386. The summed E-state index contributed by atoms with van der Waals surface area (Å²) >= 11 is 0. The van der Waals surface area contributed by atoms with E-state index in [0.29, 0.717) is 10.9 Å². The average molecular weight is 218 g/mol. The number of benzene rings is 1. The highest BCUT2D eigenvalue weighted by Gasteiger charge is 2.18. The van der Waals surface area contributed by atoms with Crippen molar-refractivity contribution < 1.29 is 4.92 Å². The lowest BCUT2D eigenvalue weighted by Crippen LogP contribution is -2.12. The molecule has 0 atom stereocenters. The van der Waals surface area contributed by atoms with Crippen LogP contribution in [0.2, 0.25) is 0 Å². The molecule has 5 nitrogen and oxygen atoms in total. The third-order valence-electron chi connectivity index (χ3n) is 2.49. The molecule has 0 fully saturated rings. The molecule has 0 saturated heterocycles. The fraction of sp³-hybridized carbons (Fsp3) is 0.182. The van der Waals surface area contributed by atoms with Gasteiger partial charge in [0.05, 0.1) is 21.5 Å². The summed E-state index contributed by atoms with van der Waals surface area (Å²) < 4.78 is 0. The van der Waals surface area contributed by atoms with Crippen molar-refractivity contribution in [1.29, 1.82) is 0 Å². The largest absolute Gasteiger partial charge is 0.353 e. The zero-order valence-electron chi connectivity index (χ0n) is 8.90. The van der Waals surface area contributed by atoms with Gasteiger partial charge in [-0.25, -0.2) is 0 Å². The maximum Gasteiger partial charge on any atom is 0.335 e. The molecule has 2 rings (SSSR count). The topological polar surface area (TPSA) is 76.0 Å². The Labute approximate surface area is 90.9 Å². The van der Waals surface area contributed by atoms with Crippen LogP contribution in [0.4, 0.5) is 5.69 Å². The molecule has 0 aliphatic heterocycles. The van der Waals surface area contributed by atoms with Crippen LogP contribution in [0.3, 0.4) is 0 Å². The quantitative estimate of drug-likeness (QED) is 0.587. The lowest BCUT2D eigenvalue weighted by Gasteiger charge is -2.02. The summed E-state index contributed by atoms with van der Waals surface area (Å²) in [6, 6.07) is 5.17. The number of nitrogens with one attached hydrogen (secondary N) is 1. The number of hydrogen-bond acceptors (Lipinski definition) is 3. The van der Waals surface area contributed by atoms with Gasteiger partial charge >= 0.3 is 5.69 Å². The predicted molar refractivity (Wildman–Crippen MR) is 60.7 cm³/mol. The van der Waals surface area contributed by atoms with Gasteiger partial charge in [0.15, 0.2) is 0 Å². The van der Waals surface area contributed by atoms with Crippen LogP contribution >= 0.6 is 0 Å². The average Bonchev–Trinajstić information content (AvgIpc) is 2.15. The molecule has 0 aliphatic carbocycles. The molecule has 0 radical (unpaired) electrons. The number of fused-ring (bicyclic) bond motifs is 1. The number of nitro groups is 1. The van der Waals surface area contributed by atoms with Crippen molar-refractivity contribution in [2.24, 2.45) is 0 Å². The molecule has 82 valence electrons. The molecule has 2 aromatic rings. The Morgan fingerprint density at radius 1 is 1.31 bits per heavy atom. The molecule has 0 bridgehead atoms. The molecule has 0 spiro atoms. The van der Waals surface area contributed by atoms with Crippen LogP contribution in [0.25, 0.3) is 10.9 Å². The first-order valence-electron chi connectivity index (χ1n) is 4.78. The van der Waals surface area contributed by atoms with Crippen LogP contribution < -0.4 is 5.43 Å². The molecular weight excluding hydrogens is 208 g/mol. The third-order valence-corrected chi connectivity index (χ3v) is 2.49. The summed E-state index contributed by atoms with van der Waals surface area (Å²) in [5.41, 5.74) is 1.00. The fourth-order valence-corrected chi connectivity index (χ4v) is 1.74. The van der Waals surface area contributed by atoms with Crippen molar-refractivity contribution in [3.8, 4) is 0 Å². The Balaban J connectivity index is 2.95. The molecule has 0 amide bonds. The van der Waals surface area contributed by atoms with E-state index in [1.54, 1.807) is 18.2 Å². The Hall–Kier alpha value is -2.17. The molecule has 1 aromatic carbocycles. The van der Waals surface area contributed by atoms with E-state index in [4.69, 9.17) is 0 Å². The van der Waals surface area contributed by atoms with Crippen molar-refractivity contribution in [3.63, 3.8) is 0 Å². The summed E-state index contributed by atoms with van der Waals surface area (Å²) in [7, 11) is 0. The molecule has 0 unspecified atom stereocenters. The zero-order chi connectivity index (χ0) is 11.9. The minimum atomic E-state index is -0.645. The Morgan fingerprint density at radius 2 is 2.00 bits per heavy atom. The SMILES string of the molecule is Cc1ccc2c(=O)c([N+](=O)[O-])c(C)[nH]c2c1. The van der Waals surface area contributed by atoms with Crippen LogP contribution in [0.5, 0.6) is 0 Å². The monoisotopic (exact) mass is 218 g/mol. The molecule has 0 saturated carbocycles. The maximum atomic E-state index is 11.8. The second-order valence-electron chi connectivity index (χ2n) is 3.73. The summed E-state index contributed by atoms with van der Waals surface area (Å²) in [5, 5.41) is 11.1. The highest BCUT2D eigenvalue weighted by atomic mass is 16.6. The highest BCUT2D eigenvalue weighted by molar-refractivity contribution is 5.81. The Kier molecular flexibility index (Phi) is 2.23. The standard InChI is InChI=1S/C11H10N2O3/c1-6-3-4-8-9(5-6)12-7(2)10(11(8)14)13(15)16/h3-5H,1-2H3,(H,12,14). The number of nitrogens with zero attached hydrogens (tertiary/aromatic N) is 1. The first-order valence-corrected chi connectivity index (χ1v) is 4.78. The van der Waals surface area contributed by atoms with Gasteiger partial charge in [-0.05, 0) is 31.5 Å². The van der Waals surface area contributed by atoms with Crippen LogP contribution in [0.1, 0.15) is 11.3 Å². The van der Waals surface area contributed by atoms with Crippen LogP contribution in [0, 0.1) is 24.0 Å². The van der Waals surface area contributed by atoms with Gasteiger partial charge in [-0.15, -0.1) is 0 Å². The van der Waals surface area contributed by atoms with Crippen LogP contribution in [-0.2, 0) is 0 Å². The molecule has 16 heavy (non-hydrogen) atoms. The summed E-state index contributed by atoms with van der Waals surface area (Å²) in [6.45, 7) is 3.43. The molecule has 1 N–H and O–H groups in total. The van der Waals surface area contributed by atoms with Crippen LogP contribution in [0.15, 0.2) is 23.0 Å². The minimum Gasteiger partial charge on any atom is -0.353 e. The van der Waals surface area contributed by atoms with E-state index in [-0.39, 0.29) is 11.4 Å². The van der Waals surface area contributed by atoms with Gasteiger partial charge in [0.2, 0.25) is 0 Å². The van der Waals surface area contributed by atoms with E-state index in [9.17, 15) is 14.9 Å². The van der Waals surface area contributed by atoms with E-state index >= 15 is 0 Å². The Bertz CT molecular complexity index is 643. The van der Waals surface area contributed by atoms with Gasteiger partial charge in [0, 0.05) is 0 Å². The number of aromatic amines is 1. The summed E-state index contributed by atoms with van der Waals surface area (Å²) in [5.74, 6) is 0. The van der Waals surface area contributed by atoms with Crippen molar-refractivity contribution in [2.75, 3.05) is 0 Å². The van der Waals surface area contributed by atoms with Crippen molar-refractivity contribution in [3.05, 3.63) is 49.8 Å². The number of hydrogen-bond donors (Lipinski definition) is 1. The van der Waals surface area contributed by atoms with Gasteiger partial charge < -0.3 is 4.98 Å². The van der Waals surface area contributed by atoms with E-state index < -0.39 is 10.4 Å². The number of H-pyrrole nitrogens is 1. The van der Waals surface area contributed by atoms with E-state index in [1.165, 1.54) is 6.92 Å². The minimum absolute atomic E-state index is 0.285. The molecule has 0 aliphatic rings. The normalized spacial score (nSPS) is 10.6. The first kappa shape index (κ1) is 10.4. The van der Waals surface area contributed by atoms with E-state index in [0.717, 1.165) is 5.56 Å². The maximum absolute atomic E-state index is 11.8. The number of pyridine rings is 1. The van der Waals surface area contributed by atoms with Gasteiger partial charge in [-0.3, -0.25) is 14.9 Å². The zero-order valence-corrected chi connectivity index (χ0v) is 8.90. The van der Waals surface area contributed by atoms with Crippen molar-refractivity contribution in [1.82, 2.24) is 4.98 Å². The van der Waals surface area contributed by atoms with E-state index in [1.807, 2.05) is 6.92 Å².